The van der Waals surface area contributed by atoms with E-state index in [2.05, 4.69) is 26.1 Å². The molecular formula is C15H11BrN2O. The predicted octanol–water partition coefficient (Wildman–Crippen LogP) is 4.09. The number of halogens is 1. The third kappa shape index (κ3) is 2.90. The first kappa shape index (κ1) is 12.1. The van der Waals surface area contributed by atoms with Crippen LogP contribution in [0.3, 0.4) is 0 Å². The van der Waals surface area contributed by atoms with Gasteiger partial charge in [-0.1, -0.05) is 52.3 Å². The van der Waals surface area contributed by atoms with Crippen molar-refractivity contribution in [3.63, 3.8) is 0 Å². The fourth-order valence-corrected chi connectivity index (χ4v) is 2.23. The van der Waals surface area contributed by atoms with Gasteiger partial charge in [0, 0.05) is 10.0 Å². The van der Waals surface area contributed by atoms with Crippen molar-refractivity contribution in [2.75, 3.05) is 0 Å². The first-order valence-corrected chi connectivity index (χ1v) is 6.73. The van der Waals surface area contributed by atoms with Crippen LogP contribution in [0.15, 0.2) is 63.5 Å². The lowest BCUT2D eigenvalue weighted by molar-refractivity contribution is 0.518. The maximum absolute atomic E-state index is 5.69. The van der Waals surface area contributed by atoms with Crippen LogP contribution in [0.5, 0.6) is 0 Å². The Labute approximate surface area is 119 Å². The van der Waals surface area contributed by atoms with E-state index in [9.17, 15) is 0 Å². The highest BCUT2D eigenvalue weighted by atomic mass is 79.9. The Morgan fingerprint density at radius 1 is 0.947 bits per heavy atom. The van der Waals surface area contributed by atoms with Gasteiger partial charge in [0.1, 0.15) is 0 Å². The van der Waals surface area contributed by atoms with Gasteiger partial charge < -0.3 is 4.42 Å². The summed E-state index contributed by atoms with van der Waals surface area (Å²) in [5.74, 6) is 1.17. The summed E-state index contributed by atoms with van der Waals surface area (Å²) in [6.07, 6.45) is 0.655. The van der Waals surface area contributed by atoms with Crippen molar-refractivity contribution in [2.24, 2.45) is 0 Å². The van der Waals surface area contributed by atoms with Crippen LogP contribution in [0.2, 0.25) is 0 Å². The van der Waals surface area contributed by atoms with Crippen molar-refractivity contribution in [2.45, 2.75) is 6.42 Å². The van der Waals surface area contributed by atoms with E-state index in [0.29, 0.717) is 18.2 Å². The molecule has 1 aromatic heterocycles. The number of benzene rings is 2. The normalized spacial score (nSPS) is 10.6. The summed E-state index contributed by atoms with van der Waals surface area (Å²) in [5.41, 5.74) is 2.08. The first-order valence-electron chi connectivity index (χ1n) is 5.93. The van der Waals surface area contributed by atoms with Gasteiger partial charge in [-0.2, -0.15) is 0 Å². The van der Waals surface area contributed by atoms with Crippen LogP contribution in [0, 0.1) is 0 Å². The molecule has 0 fully saturated rings. The van der Waals surface area contributed by atoms with E-state index in [-0.39, 0.29) is 0 Å². The molecule has 0 N–H and O–H groups in total. The monoisotopic (exact) mass is 314 g/mol. The zero-order valence-electron chi connectivity index (χ0n) is 10.1. The van der Waals surface area contributed by atoms with E-state index in [4.69, 9.17) is 4.42 Å². The second kappa shape index (κ2) is 5.36. The molecule has 0 saturated carbocycles. The molecule has 3 nitrogen and oxygen atoms in total. The predicted molar refractivity (Wildman–Crippen MR) is 76.7 cm³/mol. The summed E-state index contributed by atoms with van der Waals surface area (Å²) >= 11 is 3.43. The molecule has 0 unspecified atom stereocenters. The molecule has 1 heterocycles. The Morgan fingerprint density at radius 2 is 1.79 bits per heavy atom. The molecule has 0 saturated heterocycles. The third-order valence-electron chi connectivity index (χ3n) is 2.74. The fraction of sp³-hybridized carbons (Fsp3) is 0.0667. The SMILES string of the molecule is Brc1cccc(-c2nnc(Cc3ccccc3)o2)c1. The molecule has 4 heteroatoms. The third-order valence-corrected chi connectivity index (χ3v) is 3.23. The zero-order chi connectivity index (χ0) is 13.1. The molecule has 0 radical (unpaired) electrons. The van der Waals surface area contributed by atoms with Crippen LogP contribution in [0.1, 0.15) is 11.5 Å². The number of hydrogen-bond acceptors (Lipinski definition) is 3. The molecular weight excluding hydrogens is 304 g/mol. The summed E-state index contributed by atoms with van der Waals surface area (Å²) in [4.78, 5) is 0. The maximum Gasteiger partial charge on any atom is 0.247 e. The lowest BCUT2D eigenvalue weighted by Gasteiger charge is -1.96. The Balaban J connectivity index is 1.84. The summed E-state index contributed by atoms with van der Waals surface area (Å²) in [5, 5.41) is 8.17. The molecule has 0 atom stereocenters. The minimum Gasteiger partial charge on any atom is -0.420 e. The van der Waals surface area contributed by atoms with Gasteiger partial charge in [-0.15, -0.1) is 10.2 Å². The summed E-state index contributed by atoms with van der Waals surface area (Å²) in [6.45, 7) is 0. The molecule has 19 heavy (non-hydrogen) atoms. The van der Waals surface area contributed by atoms with Gasteiger partial charge in [-0.3, -0.25) is 0 Å². The number of hydrogen-bond donors (Lipinski definition) is 0. The fourth-order valence-electron chi connectivity index (χ4n) is 1.83. The second-order valence-electron chi connectivity index (χ2n) is 4.17. The molecule has 0 aliphatic carbocycles. The number of nitrogens with zero attached hydrogens (tertiary/aromatic N) is 2. The first-order chi connectivity index (χ1) is 9.31. The van der Waals surface area contributed by atoms with Crippen molar-refractivity contribution in [3.8, 4) is 11.5 Å². The standard InChI is InChI=1S/C15H11BrN2O/c16-13-8-4-7-12(10-13)15-18-17-14(19-15)9-11-5-2-1-3-6-11/h1-8,10H,9H2. The quantitative estimate of drug-likeness (QED) is 0.731. The van der Waals surface area contributed by atoms with Crippen molar-refractivity contribution in [1.29, 1.82) is 0 Å². The average Bonchev–Trinajstić information content (AvgIpc) is 2.88. The lowest BCUT2D eigenvalue weighted by atomic mass is 10.1. The zero-order valence-corrected chi connectivity index (χ0v) is 11.7. The molecule has 3 rings (SSSR count). The summed E-state index contributed by atoms with van der Waals surface area (Å²) < 4.78 is 6.68. The highest BCUT2D eigenvalue weighted by Gasteiger charge is 2.09. The van der Waals surface area contributed by atoms with E-state index < -0.39 is 0 Å². The molecule has 0 aliphatic rings. The highest BCUT2D eigenvalue weighted by Crippen LogP contribution is 2.22. The summed E-state index contributed by atoms with van der Waals surface area (Å²) in [7, 11) is 0. The van der Waals surface area contributed by atoms with E-state index in [0.717, 1.165) is 15.6 Å². The van der Waals surface area contributed by atoms with E-state index >= 15 is 0 Å². The Morgan fingerprint density at radius 3 is 2.58 bits per heavy atom. The Kier molecular flexibility index (Phi) is 3.42. The molecule has 0 spiro atoms. The van der Waals surface area contributed by atoms with E-state index in [1.807, 2.05) is 54.6 Å². The Bertz CT molecular complexity index is 679. The number of rotatable bonds is 3. The van der Waals surface area contributed by atoms with E-state index in [1.165, 1.54) is 0 Å². The van der Waals surface area contributed by atoms with Gasteiger partial charge in [0.05, 0.1) is 6.42 Å². The van der Waals surface area contributed by atoms with Crippen LogP contribution in [-0.2, 0) is 6.42 Å². The van der Waals surface area contributed by atoms with Crippen LogP contribution < -0.4 is 0 Å². The second-order valence-corrected chi connectivity index (χ2v) is 5.09. The molecule has 3 aromatic rings. The number of aromatic nitrogens is 2. The Hall–Kier alpha value is -1.94. The van der Waals surface area contributed by atoms with Gasteiger partial charge in [-0.05, 0) is 23.8 Å². The van der Waals surface area contributed by atoms with Crippen molar-refractivity contribution >= 4 is 15.9 Å². The maximum atomic E-state index is 5.69. The van der Waals surface area contributed by atoms with Gasteiger partial charge in [0.25, 0.3) is 0 Å². The topological polar surface area (TPSA) is 38.9 Å². The highest BCUT2D eigenvalue weighted by molar-refractivity contribution is 9.10. The van der Waals surface area contributed by atoms with Gasteiger partial charge in [-0.25, -0.2) is 0 Å². The van der Waals surface area contributed by atoms with Crippen LogP contribution in [0.25, 0.3) is 11.5 Å². The van der Waals surface area contributed by atoms with Crippen LogP contribution >= 0.6 is 15.9 Å². The smallest absolute Gasteiger partial charge is 0.247 e. The van der Waals surface area contributed by atoms with Gasteiger partial charge >= 0.3 is 0 Å². The molecule has 0 bridgehead atoms. The van der Waals surface area contributed by atoms with Crippen molar-refractivity contribution < 1.29 is 4.42 Å². The lowest BCUT2D eigenvalue weighted by Crippen LogP contribution is -1.87. The van der Waals surface area contributed by atoms with Crippen LogP contribution in [-0.4, -0.2) is 10.2 Å². The summed E-state index contributed by atoms with van der Waals surface area (Å²) in [6, 6.07) is 17.9. The van der Waals surface area contributed by atoms with Gasteiger partial charge in [0.15, 0.2) is 0 Å². The average molecular weight is 315 g/mol. The molecule has 0 amide bonds. The van der Waals surface area contributed by atoms with Crippen LogP contribution in [0.4, 0.5) is 0 Å². The van der Waals surface area contributed by atoms with Gasteiger partial charge in [0.2, 0.25) is 11.8 Å². The van der Waals surface area contributed by atoms with E-state index in [1.54, 1.807) is 0 Å². The largest absolute Gasteiger partial charge is 0.420 e. The molecule has 2 aromatic carbocycles. The minimum atomic E-state index is 0.548. The van der Waals surface area contributed by atoms with Crippen molar-refractivity contribution in [3.05, 3.63) is 70.5 Å². The van der Waals surface area contributed by atoms with Crippen molar-refractivity contribution in [1.82, 2.24) is 10.2 Å². The minimum absolute atomic E-state index is 0.548. The molecule has 0 aliphatic heterocycles. The molecule has 94 valence electrons.